The van der Waals surface area contributed by atoms with Crippen molar-refractivity contribution in [2.24, 2.45) is 17.3 Å². The summed E-state index contributed by atoms with van der Waals surface area (Å²) in [4.78, 5) is 12.3. The summed E-state index contributed by atoms with van der Waals surface area (Å²) in [5, 5.41) is 4.72. The van der Waals surface area contributed by atoms with Gasteiger partial charge >= 0.3 is 5.97 Å². The van der Waals surface area contributed by atoms with Crippen LogP contribution in [-0.2, 0) is 22.5 Å². The van der Waals surface area contributed by atoms with Gasteiger partial charge in [0.05, 0.1) is 18.2 Å². The van der Waals surface area contributed by atoms with E-state index in [0.717, 1.165) is 24.5 Å². The number of hydrogen-bond acceptors (Lipinski definition) is 3. The van der Waals surface area contributed by atoms with Crippen LogP contribution in [0, 0.1) is 24.2 Å². The first-order chi connectivity index (χ1) is 12.5. The molecule has 3 aliphatic carbocycles. The van der Waals surface area contributed by atoms with Gasteiger partial charge in [0.25, 0.3) is 0 Å². The first-order valence-corrected chi connectivity index (χ1v) is 9.76. The lowest BCUT2D eigenvalue weighted by molar-refractivity contribution is -0.145. The summed E-state index contributed by atoms with van der Waals surface area (Å²) in [7, 11) is 0. The van der Waals surface area contributed by atoms with E-state index < -0.39 is 0 Å². The molecule has 1 aromatic heterocycles. The van der Waals surface area contributed by atoms with Gasteiger partial charge in [0.15, 0.2) is 0 Å². The molecule has 0 saturated heterocycles. The molecule has 2 fully saturated rings. The second-order valence-corrected chi connectivity index (χ2v) is 8.81. The molecule has 4 heteroatoms. The molecule has 136 valence electrons. The minimum Gasteiger partial charge on any atom is -0.463 e. The standard InChI is InChI=1S/C22H26N2O2/c1-13-19-18(12-17-20(19)22(17,2)3)24(23-13)9-10-26-21(25)16-11-15(16)14-7-5-4-6-8-14/h4-8,15-17,20H,9-12H2,1-3H3/t15-,16+,17+,20-/m1/s1. The van der Waals surface area contributed by atoms with Crippen LogP contribution in [0.5, 0.6) is 0 Å². The molecule has 0 radical (unpaired) electrons. The summed E-state index contributed by atoms with van der Waals surface area (Å²) >= 11 is 0. The second kappa shape index (κ2) is 5.45. The fourth-order valence-corrected chi connectivity index (χ4v) is 5.22. The Labute approximate surface area is 154 Å². The second-order valence-electron chi connectivity index (χ2n) is 8.81. The molecule has 26 heavy (non-hydrogen) atoms. The van der Waals surface area contributed by atoms with Crippen LogP contribution in [0.15, 0.2) is 30.3 Å². The number of hydrogen-bond donors (Lipinski definition) is 0. The van der Waals surface area contributed by atoms with Crippen molar-refractivity contribution in [2.45, 2.75) is 52.0 Å². The van der Waals surface area contributed by atoms with Gasteiger partial charge in [0.2, 0.25) is 0 Å². The van der Waals surface area contributed by atoms with Crippen molar-refractivity contribution in [2.75, 3.05) is 6.61 Å². The summed E-state index contributed by atoms with van der Waals surface area (Å²) in [6.45, 7) is 7.94. The first kappa shape index (κ1) is 16.1. The summed E-state index contributed by atoms with van der Waals surface area (Å²) < 4.78 is 7.65. The van der Waals surface area contributed by atoms with Gasteiger partial charge in [-0.05, 0) is 48.5 Å². The van der Waals surface area contributed by atoms with Gasteiger partial charge in [0, 0.05) is 11.3 Å². The Morgan fingerprint density at radius 3 is 2.85 bits per heavy atom. The lowest BCUT2D eigenvalue weighted by Gasteiger charge is -2.11. The van der Waals surface area contributed by atoms with E-state index in [0.29, 0.717) is 30.4 Å². The Morgan fingerprint density at radius 2 is 2.08 bits per heavy atom. The molecule has 0 N–H and O–H groups in total. The van der Waals surface area contributed by atoms with Crippen LogP contribution in [0.4, 0.5) is 0 Å². The van der Waals surface area contributed by atoms with E-state index in [-0.39, 0.29) is 11.9 Å². The molecule has 4 nitrogen and oxygen atoms in total. The number of aryl methyl sites for hydroxylation is 1. The van der Waals surface area contributed by atoms with Crippen molar-refractivity contribution in [1.82, 2.24) is 9.78 Å². The van der Waals surface area contributed by atoms with Gasteiger partial charge in [-0.1, -0.05) is 44.2 Å². The number of nitrogens with zero attached hydrogens (tertiary/aromatic N) is 2. The minimum atomic E-state index is -0.0524. The van der Waals surface area contributed by atoms with E-state index in [4.69, 9.17) is 9.84 Å². The molecule has 0 bridgehead atoms. The normalized spacial score (nSPS) is 29.8. The fraction of sp³-hybridized carbons (Fsp3) is 0.545. The molecule has 2 aromatic rings. The zero-order chi connectivity index (χ0) is 18.1. The van der Waals surface area contributed by atoms with Crippen molar-refractivity contribution < 1.29 is 9.53 Å². The van der Waals surface area contributed by atoms with Crippen LogP contribution in [0.25, 0.3) is 0 Å². The Kier molecular flexibility index (Phi) is 3.37. The van der Waals surface area contributed by atoms with Gasteiger partial charge in [-0.25, -0.2) is 0 Å². The summed E-state index contributed by atoms with van der Waals surface area (Å²) in [5.41, 5.74) is 5.70. The minimum absolute atomic E-state index is 0.0379. The SMILES string of the molecule is Cc1nn(CCOC(=O)[C@H]2C[C@@H]2c2ccccc2)c2c1[C@H]1[C@H](C2)C1(C)C. The van der Waals surface area contributed by atoms with Crippen molar-refractivity contribution >= 4 is 5.97 Å². The van der Waals surface area contributed by atoms with E-state index >= 15 is 0 Å². The van der Waals surface area contributed by atoms with E-state index in [1.54, 1.807) is 0 Å². The highest BCUT2D eigenvalue weighted by Gasteiger charge is 2.63. The highest BCUT2D eigenvalue weighted by Crippen LogP contribution is 2.70. The van der Waals surface area contributed by atoms with Crippen LogP contribution >= 0.6 is 0 Å². The molecule has 1 heterocycles. The maximum atomic E-state index is 12.3. The predicted molar refractivity (Wildman–Crippen MR) is 98.9 cm³/mol. The van der Waals surface area contributed by atoms with E-state index in [1.165, 1.54) is 16.8 Å². The largest absolute Gasteiger partial charge is 0.463 e. The van der Waals surface area contributed by atoms with Crippen molar-refractivity contribution in [3.05, 3.63) is 52.8 Å². The fourth-order valence-electron chi connectivity index (χ4n) is 5.22. The average molecular weight is 350 g/mol. The lowest BCUT2D eigenvalue weighted by Crippen LogP contribution is -2.16. The van der Waals surface area contributed by atoms with E-state index in [9.17, 15) is 4.79 Å². The molecule has 1 aromatic carbocycles. The number of ether oxygens (including phenoxy) is 1. The number of benzene rings is 1. The van der Waals surface area contributed by atoms with Gasteiger partial charge in [-0.3, -0.25) is 9.48 Å². The maximum Gasteiger partial charge on any atom is 0.309 e. The van der Waals surface area contributed by atoms with Gasteiger partial charge in [-0.15, -0.1) is 0 Å². The van der Waals surface area contributed by atoms with E-state index in [1.807, 2.05) is 18.2 Å². The Hall–Kier alpha value is -2.10. The van der Waals surface area contributed by atoms with Crippen LogP contribution < -0.4 is 0 Å². The number of aromatic nitrogens is 2. The number of carbonyl (C=O) groups excluding carboxylic acids is 1. The third-order valence-corrected chi connectivity index (χ3v) is 6.93. The maximum absolute atomic E-state index is 12.3. The number of rotatable bonds is 5. The highest BCUT2D eigenvalue weighted by atomic mass is 16.5. The highest BCUT2D eigenvalue weighted by molar-refractivity contribution is 5.77. The Bertz CT molecular complexity index is 868. The number of fused-ring (bicyclic) bond motifs is 3. The van der Waals surface area contributed by atoms with Gasteiger partial charge in [-0.2, -0.15) is 5.10 Å². The Balaban J connectivity index is 1.17. The molecule has 3 aliphatic rings. The summed E-state index contributed by atoms with van der Waals surface area (Å²) in [6.07, 6.45) is 2.04. The molecule has 0 spiro atoms. The zero-order valence-corrected chi connectivity index (χ0v) is 15.7. The van der Waals surface area contributed by atoms with Crippen molar-refractivity contribution in [3.8, 4) is 0 Å². The molecule has 5 rings (SSSR count). The van der Waals surface area contributed by atoms with E-state index in [2.05, 4.69) is 37.6 Å². The van der Waals surface area contributed by atoms with Crippen LogP contribution in [-0.4, -0.2) is 22.4 Å². The quantitative estimate of drug-likeness (QED) is 0.770. The third-order valence-electron chi connectivity index (χ3n) is 6.93. The van der Waals surface area contributed by atoms with Gasteiger partial charge < -0.3 is 4.74 Å². The third kappa shape index (κ3) is 2.34. The molecule has 0 unspecified atom stereocenters. The van der Waals surface area contributed by atoms with Crippen LogP contribution in [0.3, 0.4) is 0 Å². The zero-order valence-electron chi connectivity index (χ0n) is 15.7. The van der Waals surface area contributed by atoms with Crippen molar-refractivity contribution in [1.29, 1.82) is 0 Å². The van der Waals surface area contributed by atoms with Gasteiger partial charge in [0.1, 0.15) is 6.61 Å². The monoisotopic (exact) mass is 350 g/mol. The smallest absolute Gasteiger partial charge is 0.309 e. The van der Waals surface area contributed by atoms with Crippen LogP contribution in [0.1, 0.15) is 54.6 Å². The molecule has 4 atom stereocenters. The predicted octanol–water partition coefficient (Wildman–Crippen LogP) is 3.83. The topological polar surface area (TPSA) is 44.1 Å². The molecule has 0 amide bonds. The molecule has 0 aliphatic heterocycles. The number of esters is 1. The average Bonchev–Trinajstić information content (AvgIpc) is 3.41. The molecular formula is C22H26N2O2. The van der Waals surface area contributed by atoms with Crippen LogP contribution in [0.2, 0.25) is 0 Å². The molecule has 2 saturated carbocycles. The summed E-state index contributed by atoms with van der Waals surface area (Å²) in [6, 6.07) is 10.3. The number of carbonyl (C=O) groups is 1. The Morgan fingerprint density at radius 1 is 1.31 bits per heavy atom. The lowest BCUT2D eigenvalue weighted by atomic mass is 9.98. The molecular weight excluding hydrogens is 324 g/mol. The van der Waals surface area contributed by atoms with Crippen molar-refractivity contribution in [3.63, 3.8) is 0 Å². The first-order valence-electron chi connectivity index (χ1n) is 9.76. The summed E-state index contributed by atoms with van der Waals surface area (Å²) in [5.74, 6) is 1.79.